The van der Waals surface area contributed by atoms with E-state index in [2.05, 4.69) is 26.2 Å². The monoisotopic (exact) mass is 293 g/mol. The Labute approximate surface area is 107 Å². The molecule has 1 aromatic heterocycles. The number of fused-ring (bicyclic) bond motifs is 1. The summed E-state index contributed by atoms with van der Waals surface area (Å²) in [5.41, 5.74) is 6.94. The van der Waals surface area contributed by atoms with Gasteiger partial charge in [-0.15, -0.1) is 0 Å². The van der Waals surface area contributed by atoms with Crippen molar-refractivity contribution in [3.05, 3.63) is 34.9 Å². The molecule has 0 aliphatic rings. The lowest BCUT2D eigenvalue weighted by atomic mass is 10.2. The molecule has 2 aromatic rings. The lowest BCUT2D eigenvalue weighted by Crippen LogP contribution is -2.32. The zero-order valence-corrected chi connectivity index (χ0v) is 10.9. The summed E-state index contributed by atoms with van der Waals surface area (Å²) in [6.07, 6.45) is 1.70. The van der Waals surface area contributed by atoms with Crippen molar-refractivity contribution in [3.8, 4) is 0 Å². The van der Waals surface area contributed by atoms with Gasteiger partial charge in [0.15, 0.2) is 0 Å². The summed E-state index contributed by atoms with van der Waals surface area (Å²) in [6, 6.07) is 7.02. The predicted octanol–water partition coefficient (Wildman–Crippen LogP) is 2.28. The van der Waals surface area contributed by atoms with Crippen LogP contribution in [0.3, 0.4) is 0 Å². The third-order valence-corrected chi connectivity index (χ3v) is 2.78. The minimum atomic E-state index is -0.541. The van der Waals surface area contributed by atoms with Crippen LogP contribution in [0.25, 0.3) is 10.9 Å². The summed E-state index contributed by atoms with van der Waals surface area (Å²) >= 11 is 3.36. The highest BCUT2D eigenvalue weighted by Crippen LogP contribution is 2.23. The van der Waals surface area contributed by atoms with Gasteiger partial charge in [0.1, 0.15) is 0 Å². The van der Waals surface area contributed by atoms with E-state index in [-0.39, 0.29) is 5.91 Å². The Bertz CT molecular complexity index is 569. The van der Waals surface area contributed by atoms with Crippen molar-refractivity contribution in [2.24, 2.45) is 5.73 Å². The number of para-hydroxylation sites is 1. The largest absolute Gasteiger partial charge is 0.323 e. The van der Waals surface area contributed by atoms with Crippen LogP contribution in [0.2, 0.25) is 0 Å². The molecule has 4 nitrogen and oxygen atoms in total. The van der Waals surface area contributed by atoms with Crippen LogP contribution in [-0.2, 0) is 4.79 Å². The van der Waals surface area contributed by atoms with Crippen LogP contribution in [0.5, 0.6) is 0 Å². The van der Waals surface area contributed by atoms with Gasteiger partial charge in [-0.25, -0.2) is 0 Å². The van der Waals surface area contributed by atoms with Crippen molar-refractivity contribution >= 4 is 38.4 Å². The summed E-state index contributed by atoms with van der Waals surface area (Å²) < 4.78 is 0.903. The zero-order valence-electron chi connectivity index (χ0n) is 9.27. The van der Waals surface area contributed by atoms with Crippen LogP contribution < -0.4 is 11.1 Å². The number of nitrogens with one attached hydrogen (secondary N) is 1. The third kappa shape index (κ3) is 2.62. The van der Waals surface area contributed by atoms with Crippen molar-refractivity contribution in [2.45, 2.75) is 13.0 Å². The van der Waals surface area contributed by atoms with Gasteiger partial charge < -0.3 is 11.1 Å². The summed E-state index contributed by atoms with van der Waals surface area (Å²) in [7, 11) is 0. The average Bonchev–Trinajstić information content (AvgIpc) is 2.28. The van der Waals surface area contributed by atoms with Crippen molar-refractivity contribution in [1.29, 1.82) is 0 Å². The van der Waals surface area contributed by atoms with E-state index in [1.807, 2.05) is 24.3 Å². The summed E-state index contributed by atoms with van der Waals surface area (Å²) in [6.45, 7) is 1.64. The fourth-order valence-corrected chi connectivity index (χ4v) is 1.83. The fraction of sp³-hybridized carbons (Fsp3) is 0.167. The number of carbonyl (C=O) groups excluding carboxylic acids is 1. The highest BCUT2D eigenvalue weighted by Gasteiger charge is 2.10. The molecule has 1 aromatic carbocycles. The predicted molar refractivity (Wildman–Crippen MR) is 71.7 cm³/mol. The molecule has 1 amide bonds. The molecule has 17 heavy (non-hydrogen) atoms. The van der Waals surface area contributed by atoms with Crippen molar-refractivity contribution in [1.82, 2.24) is 4.98 Å². The molecule has 0 bridgehead atoms. The summed E-state index contributed by atoms with van der Waals surface area (Å²) in [5, 5.41) is 3.72. The number of amides is 1. The third-order valence-electron chi connectivity index (χ3n) is 2.35. The molecule has 1 atom stereocenters. The van der Waals surface area contributed by atoms with Gasteiger partial charge >= 0.3 is 0 Å². The van der Waals surface area contributed by atoms with Gasteiger partial charge in [-0.1, -0.05) is 12.1 Å². The summed E-state index contributed by atoms with van der Waals surface area (Å²) in [4.78, 5) is 15.8. The first-order valence-corrected chi connectivity index (χ1v) is 5.98. The molecule has 0 aliphatic carbocycles. The van der Waals surface area contributed by atoms with Crippen LogP contribution in [0, 0.1) is 0 Å². The Balaban J connectivity index is 2.44. The van der Waals surface area contributed by atoms with Crippen LogP contribution in [0.4, 0.5) is 5.69 Å². The van der Waals surface area contributed by atoms with Crippen molar-refractivity contribution < 1.29 is 4.79 Å². The Morgan fingerprint density at radius 2 is 2.29 bits per heavy atom. The summed E-state index contributed by atoms with van der Waals surface area (Å²) in [5.74, 6) is -0.220. The molecule has 88 valence electrons. The highest BCUT2D eigenvalue weighted by molar-refractivity contribution is 9.10. The molecule has 3 N–H and O–H groups in total. The molecule has 0 aliphatic heterocycles. The lowest BCUT2D eigenvalue weighted by Gasteiger charge is -2.09. The number of rotatable bonds is 2. The number of anilines is 1. The van der Waals surface area contributed by atoms with Gasteiger partial charge in [-0.05, 0) is 35.0 Å². The van der Waals surface area contributed by atoms with Gasteiger partial charge in [0, 0.05) is 16.1 Å². The molecule has 0 spiro atoms. The number of nitrogens with two attached hydrogens (primary N) is 1. The molecule has 0 saturated heterocycles. The van der Waals surface area contributed by atoms with Crippen molar-refractivity contribution in [3.63, 3.8) is 0 Å². The minimum Gasteiger partial charge on any atom is -0.323 e. The molecule has 0 saturated carbocycles. The molecular weight excluding hydrogens is 282 g/mol. The van der Waals surface area contributed by atoms with E-state index in [1.54, 1.807) is 13.1 Å². The smallest absolute Gasteiger partial charge is 0.241 e. The Morgan fingerprint density at radius 1 is 1.53 bits per heavy atom. The second-order valence-corrected chi connectivity index (χ2v) is 4.72. The number of pyridine rings is 1. The minimum absolute atomic E-state index is 0.220. The van der Waals surface area contributed by atoms with Crippen LogP contribution in [0.15, 0.2) is 34.9 Å². The number of carbonyl (C=O) groups is 1. The number of aromatic nitrogens is 1. The Kier molecular flexibility index (Phi) is 3.40. The molecule has 1 heterocycles. The molecule has 5 heteroatoms. The second-order valence-electron chi connectivity index (χ2n) is 3.81. The quantitative estimate of drug-likeness (QED) is 0.893. The zero-order chi connectivity index (χ0) is 12.4. The maximum atomic E-state index is 11.5. The number of benzene rings is 1. The van der Waals surface area contributed by atoms with E-state index >= 15 is 0 Å². The van der Waals surface area contributed by atoms with Crippen LogP contribution in [-0.4, -0.2) is 16.9 Å². The van der Waals surface area contributed by atoms with E-state index in [9.17, 15) is 4.79 Å². The average molecular weight is 294 g/mol. The molecule has 2 rings (SSSR count). The molecule has 0 radical (unpaired) electrons. The van der Waals surface area contributed by atoms with E-state index in [0.29, 0.717) is 5.69 Å². The van der Waals surface area contributed by atoms with Crippen LogP contribution in [0.1, 0.15) is 6.92 Å². The number of halogens is 1. The van der Waals surface area contributed by atoms with E-state index in [4.69, 9.17) is 5.73 Å². The number of hydrogen-bond acceptors (Lipinski definition) is 3. The van der Waals surface area contributed by atoms with Gasteiger partial charge in [-0.2, -0.15) is 0 Å². The number of hydrogen-bond donors (Lipinski definition) is 2. The molecule has 0 unspecified atom stereocenters. The van der Waals surface area contributed by atoms with Gasteiger partial charge in [0.05, 0.1) is 17.2 Å². The van der Waals surface area contributed by atoms with E-state index < -0.39 is 6.04 Å². The van der Waals surface area contributed by atoms with Crippen molar-refractivity contribution in [2.75, 3.05) is 5.32 Å². The second kappa shape index (κ2) is 4.81. The highest BCUT2D eigenvalue weighted by atomic mass is 79.9. The topological polar surface area (TPSA) is 68.0 Å². The first-order valence-electron chi connectivity index (χ1n) is 5.18. The number of nitrogens with zero attached hydrogens (tertiary/aromatic N) is 1. The SMILES string of the molecule is C[C@H](N)C(=O)Nc1cccc2cc(Br)cnc12. The van der Waals surface area contributed by atoms with Crippen LogP contribution >= 0.6 is 15.9 Å². The fourth-order valence-electron chi connectivity index (χ4n) is 1.48. The lowest BCUT2D eigenvalue weighted by molar-refractivity contribution is -0.117. The Hall–Kier alpha value is -1.46. The maximum absolute atomic E-state index is 11.5. The first-order chi connectivity index (χ1) is 8.08. The van der Waals surface area contributed by atoms with E-state index in [1.165, 1.54) is 0 Å². The first kappa shape index (κ1) is 12.0. The molecular formula is C12H12BrN3O. The van der Waals surface area contributed by atoms with Gasteiger partial charge in [0.2, 0.25) is 5.91 Å². The van der Waals surface area contributed by atoms with E-state index in [0.717, 1.165) is 15.4 Å². The Morgan fingerprint density at radius 3 is 3.00 bits per heavy atom. The maximum Gasteiger partial charge on any atom is 0.241 e. The molecule has 0 fully saturated rings. The normalized spacial score (nSPS) is 12.4. The van der Waals surface area contributed by atoms with Gasteiger partial charge in [-0.3, -0.25) is 9.78 Å². The standard InChI is InChI=1S/C12H12BrN3O/c1-7(14)12(17)16-10-4-2-3-8-5-9(13)6-15-11(8)10/h2-7H,14H2,1H3,(H,16,17)/t7-/m0/s1. The van der Waals surface area contributed by atoms with Gasteiger partial charge in [0.25, 0.3) is 0 Å².